The van der Waals surface area contributed by atoms with E-state index in [-0.39, 0.29) is 6.04 Å². The molecule has 0 aromatic heterocycles. The lowest BCUT2D eigenvalue weighted by Gasteiger charge is -2.28. The van der Waals surface area contributed by atoms with Crippen LogP contribution in [0.1, 0.15) is 60.9 Å². The van der Waals surface area contributed by atoms with Crippen LogP contribution in [0.5, 0.6) is 5.75 Å². The highest BCUT2D eigenvalue weighted by Gasteiger charge is 2.36. The predicted molar refractivity (Wildman–Crippen MR) is 105 cm³/mol. The van der Waals surface area contributed by atoms with Crippen LogP contribution in [0, 0.1) is 0 Å². The highest BCUT2D eigenvalue weighted by atomic mass is 16.5. The first-order chi connectivity index (χ1) is 12.8. The van der Waals surface area contributed by atoms with E-state index in [2.05, 4.69) is 29.6 Å². The number of rotatable bonds is 4. The van der Waals surface area contributed by atoms with Crippen LogP contribution >= 0.6 is 0 Å². The van der Waals surface area contributed by atoms with Crippen molar-refractivity contribution in [3.05, 3.63) is 70.8 Å². The van der Waals surface area contributed by atoms with Gasteiger partial charge >= 0.3 is 0 Å². The number of fused-ring (bicyclic) bond motifs is 1. The average Bonchev–Trinajstić information content (AvgIpc) is 2.95. The van der Waals surface area contributed by atoms with E-state index in [1.807, 2.05) is 30.3 Å². The smallest absolute Gasteiger partial charge is 0.119 e. The first-order valence-corrected chi connectivity index (χ1v) is 9.65. The number of ether oxygens (including phenoxy) is 1. The van der Waals surface area contributed by atoms with Crippen molar-refractivity contribution in [1.82, 2.24) is 5.32 Å². The van der Waals surface area contributed by atoms with Gasteiger partial charge in [0.15, 0.2) is 0 Å². The molecule has 0 saturated heterocycles. The fourth-order valence-electron chi connectivity index (χ4n) is 4.29. The van der Waals surface area contributed by atoms with Crippen molar-refractivity contribution in [3.8, 4) is 5.75 Å². The SMILES string of the molecule is COc1ccc2c(c1)C(NC1CCCCC1)C(=Cc1ccccc1)C2O. The molecular weight excluding hydrogens is 322 g/mol. The van der Waals surface area contributed by atoms with E-state index in [1.165, 1.54) is 32.1 Å². The molecule has 0 bridgehead atoms. The van der Waals surface area contributed by atoms with Gasteiger partial charge in [-0.15, -0.1) is 0 Å². The maximum Gasteiger partial charge on any atom is 0.119 e. The Balaban J connectivity index is 1.72. The number of aliphatic hydroxyl groups is 1. The molecule has 2 unspecified atom stereocenters. The van der Waals surface area contributed by atoms with Crippen LogP contribution in [0.15, 0.2) is 54.1 Å². The Morgan fingerprint density at radius 3 is 2.50 bits per heavy atom. The molecule has 0 radical (unpaired) electrons. The van der Waals surface area contributed by atoms with Crippen molar-refractivity contribution in [2.45, 2.75) is 50.3 Å². The summed E-state index contributed by atoms with van der Waals surface area (Å²) in [5, 5.41) is 14.9. The average molecular weight is 349 g/mol. The second-order valence-corrected chi connectivity index (χ2v) is 7.39. The topological polar surface area (TPSA) is 41.5 Å². The van der Waals surface area contributed by atoms with Crippen LogP contribution in [0.3, 0.4) is 0 Å². The Hall–Kier alpha value is -2.10. The van der Waals surface area contributed by atoms with Crippen molar-refractivity contribution < 1.29 is 9.84 Å². The molecule has 0 aliphatic heterocycles. The summed E-state index contributed by atoms with van der Waals surface area (Å²) in [7, 11) is 1.69. The summed E-state index contributed by atoms with van der Waals surface area (Å²) in [6.45, 7) is 0. The number of benzene rings is 2. The van der Waals surface area contributed by atoms with E-state index in [1.54, 1.807) is 7.11 Å². The van der Waals surface area contributed by atoms with Crippen molar-refractivity contribution in [1.29, 1.82) is 0 Å². The largest absolute Gasteiger partial charge is 0.497 e. The number of aliphatic hydroxyl groups excluding tert-OH is 1. The van der Waals surface area contributed by atoms with E-state index in [4.69, 9.17) is 4.74 Å². The van der Waals surface area contributed by atoms with Gasteiger partial charge in [0.05, 0.1) is 13.2 Å². The number of hydrogen-bond acceptors (Lipinski definition) is 3. The normalized spacial score (nSPS) is 24.6. The monoisotopic (exact) mass is 349 g/mol. The van der Waals surface area contributed by atoms with Crippen molar-refractivity contribution >= 4 is 6.08 Å². The van der Waals surface area contributed by atoms with Gasteiger partial charge in [0.25, 0.3) is 0 Å². The Labute approximate surface area is 155 Å². The fourth-order valence-corrected chi connectivity index (χ4v) is 4.29. The summed E-state index contributed by atoms with van der Waals surface area (Å²) in [6.07, 6.45) is 7.90. The molecule has 2 N–H and O–H groups in total. The Kier molecular flexibility index (Phi) is 5.09. The van der Waals surface area contributed by atoms with E-state index in [0.717, 1.165) is 28.0 Å². The number of methoxy groups -OCH3 is 1. The van der Waals surface area contributed by atoms with Gasteiger partial charge in [-0.1, -0.05) is 61.7 Å². The summed E-state index contributed by atoms with van der Waals surface area (Å²) in [5.74, 6) is 0.840. The highest BCUT2D eigenvalue weighted by Crippen LogP contribution is 2.46. The van der Waals surface area contributed by atoms with Crippen LogP contribution in [-0.4, -0.2) is 18.3 Å². The third kappa shape index (κ3) is 3.42. The first kappa shape index (κ1) is 17.3. The van der Waals surface area contributed by atoms with Gasteiger partial charge in [-0.3, -0.25) is 0 Å². The zero-order chi connectivity index (χ0) is 17.9. The standard InChI is InChI=1S/C23H27NO2/c1-26-18-12-13-19-20(15-18)22(24-17-10-6-3-7-11-17)21(23(19)25)14-16-8-4-2-5-9-16/h2,4-5,8-9,12-15,17,22-25H,3,6-7,10-11H2,1H3. The molecular formula is C23H27NO2. The quantitative estimate of drug-likeness (QED) is 0.834. The zero-order valence-electron chi connectivity index (χ0n) is 15.3. The van der Waals surface area contributed by atoms with E-state index in [0.29, 0.717) is 6.04 Å². The number of nitrogens with one attached hydrogen (secondary N) is 1. The van der Waals surface area contributed by atoms with Gasteiger partial charge in [-0.05, 0) is 47.2 Å². The van der Waals surface area contributed by atoms with Gasteiger partial charge in [0.2, 0.25) is 0 Å². The summed E-state index contributed by atoms with van der Waals surface area (Å²) >= 11 is 0. The molecule has 2 aromatic rings. The van der Waals surface area contributed by atoms with Crippen molar-refractivity contribution in [3.63, 3.8) is 0 Å². The molecule has 136 valence electrons. The minimum absolute atomic E-state index is 0.0402. The molecule has 3 nitrogen and oxygen atoms in total. The van der Waals surface area contributed by atoms with Gasteiger partial charge in [-0.2, -0.15) is 0 Å². The van der Waals surface area contributed by atoms with Crippen molar-refractivity contribution in [2.24, 2.45) is 0 Å². The third-order valence-corrected chi connectivity index (χ3v) is 5.69. The second-order valence-electron chi connectivity index (χ2n) is 7.39. The number of hydrogen-bond donors (Lipinski definition) is 2. The maximum absolute atomic E-state index is 11.0. The van der Waals surface area contributed by atoms with E-state index >= 15 is 0 Å². The van der Waals surface area contributed by atoms with Crippen LogP contribution < -0.4 is 10.1 Å². The minimum Gasteiger partial charge on any atom is -0.497 e. The summed E-state index contributed by atoms with van der Waals surface area (Å²) in [5.41, 5.74) is 4.28. The Morgan fingerprint density at radius 1 is 1.00 bits per heavy atom. The third-order valence-electron chi connectivity index (χ3n) is 5.69. The lowest BCUT2D eigenvalue weighted by molar-refractivity contribution is 0.215. The first-order valence-electron chi connectivity index (χ1n) is 9.65. The lowest BCUT2D eigenvalue weighted by atomic mass is 9.93. The molecule has 4 rings (SSSR count). The molecule has 1 saturated carbocycles. The lowest BCUT2D eigenvalue weighted by Crippen LogP contribution is -2.34. The molecule has 0 heterocycles. The maximum atomic E-state index is 11.0. The fraction of sp³-hybridized carbons (Fsp3) is 0.391. The molecule has 2 aromatic carbocycles. The molecule has 2 aliphatic rings. The Morgan fingerprint density at radius 2 is 1.77 bits per heavy atom. The van der Waals surface area contributed by atoms with Gasteiger partial charge in [-0.25, -0.2) is 0 Å². The van der Waals surface area contributed by atoms with E-state index in [9.17, 15) is 5.11 Å². The van der Waals surface area contributed by atoms with Crippen molar-refractivity contribution in [2.75, 3.05) is 7.11 Å². The van der Waals surface area contributed by atoms with Gasteiger partial charge < -0.3 is 15.2 Å². The van der Waals surface area contributed by atoms with Crippen LogP contribution in [0.2, 0.25) is 0 Å². The zero-order valence-corrected chi connectivity index (χ0v) is 15.3. The highest BCUT2D eigenvalue weighted by molar-refractivity contribution is 5.62. The summed E-state index contributed by atoms with van der Waals surface area (Å²) < 4.78 is 5.44. The van der Waals surface area contributed by atoms with Crippen LogP contribution in [0.4, 0.5) is 0 Å². The molecule has 2 atom stereocenters. The predicted octanol–water partition coefficient (Wildman–Crippen LogP) is 4.79. The molecule has 1 fully saturated rings. The Bertz CT molecular complexity index is 778. The molecule has 0 amide bonds. The molecule has 0 spiro atoms. The van der Waals surface area contributed by atoms with Crippen LogP contribution in [-0.2, 0) is 0 Å². The van der Waals surface area contributed by atoms with Crippen LogP contribution in [0.25, 0.3) is 6.08 Å². The molecule has 3 heteroatoms. The molecule has 26 heavy (non-hydrogen) atoms. The van der Waals surface area contributed by atoms with E-state index < -0.39 is 6.10 Å². The summed E-state index contributed by atoms with van der Waals surface area (Å²) in [4.78, 5) is 0. The summed E-state index contributed by atoms with van der Waals surface area (Å²) in [6, 6.07) is 16.8. The van der Waals surface area contributed by atoms with Gasteiger partial charge in [0.1, 0.15) is 11.9 Å². The molecule has 2 aliphatic carbocycles. The second kappa shape index (κ2) is 7.65. The van der Waals surface area contributed by atoms with Gasteiger partial charge in [0, 0.05) is 6.04 Å². The minimum atomic E-state index is -0.572.